The second-order valence-electron chi connectivity index (χ2n) is 5.51. The number of rotatable bonds is 4. The van der Waals surface area contributed by atoms with Crippen molar-refractivity contribution in [2.45, 2.75) is 31.8 Å². The molecule has 5 heteroatoms. The zero-order chi connectivity index (χ0) is 14.7. The van der Waals surface area contributed by atoms with Crippen molar-refractivity contribution < 1.29 is 8.81 Å². The van der Waals surface area contributed by atoms with Gasteiger partial charge in [-0.25, -0.2) is 9.37 Å². The first-order chi connectivity index (χ1) is 10.3. The largest absolute Gasteiger partial charge is 0.444 e. The Hall–Kier alpha value is -1.72. The van der Waals surface area contributed by atoms with Gasteiger partial charge in [0.1, 0.15) is 12.1 Å². The lowest BCUT2D eigenvalue weighted by Crippen LogP contribution is -2.43. The Kier molecular flexibility index (Phi) is 4.31. The summed E-state index contributed by atoms with van der Waals surface area (Å²) in [6, 6.07) is 6.71. The fourth-order valence-corrected chi connectivity index (χ4v) is 2.88. The van der Waals surface area contributed by atoms with Crippen LogP contribution in [-0.4, -0.2) is 29.0 Å². The van der Waals surface area contributed by atoms with Crippen LogP contribution in [0.1, 0.15) is 25.0 Å². The summed E-state index contributed by atoms with van der Waals surface area (Å²) < 4.78 is 18.7. The highest BCUT2D eigenvalue weighted by molar-refractivity contribution is 5.52. The molecule has 3 rings (SSSR count). The minimum Gasteiger partial charge on any atom is -0.444 e. The molecule has 4 nitrogen and oxygen atoms in total. The van der Waals surface area contributed by atoms with Crippen molar-refractivity contribution >= 4 is 0 Å². The molecule has 0 radical (unpaired) electrons. The van der Waals surface area contributed by atoms with Crippen molar-refractivity contribution in [1.82, 2.24) is 9.88 Å². The first kappa shape index (κ1) is 14.2. The molecular formula is C16H20FN3O. The Labute approximate surface area is 123 Å². The third-order valence-corrected chi connectivity index (χ3v) is 4.01. The van der Waals surface area contributed by atoms with E-state index in [0.29, 0.717) is 24.0 Å². The summed E-state index contributed by atoms with van der Waals surface area (Å²) in [6.07, 6.45) is 5.24. The highest BCUT2D eigenvalue weighted by Crippen LogP contribution is 2.22. The van der Waals surface area contributed by atoms with E-state index in [-0.39, 0.29) is 5.82 Å². The molecule has 112 valence electrons. The maximum atomic E-state index is 13.2. The van der Waals surface area contributed by atoms with Gasteiger partial charge in [0.05, 0.1) is 5.69 Å². The normalized spacial score (nSPS) is 19.8. The van der Waals surface area contributed by atoms with Gasteiger partial charge in [0.15, 0.2) is 0 Å². The monoisotopic (exact) mass is 289 g/mol. The summed E-state index contributed by atoms with van der Waals surface area (Å²) in [4.78, 5) is 6.83. The van der Waals surface area contributed by atoms with Crippen molar-refractivity contribution in [1.29, 1.82) is 0 Å². The van der Waals surface area contributed by atoms with Crippen molar-refractivity contribution in [2.75, 3.05) is 13.1 Å². The number of piperidine rings is 1. The molecule has 2 heterocycles. The van der Waals surface area contributed by atoms with Crippen molar-refractivity contribution in [3.63, 3.8) is 0 Å². The molecule has 0 saturated carbocycles. The minimum atomic E-state index is -0.286. The van der Waals surface area contributed by atoms with Gasteiger partial charge in [0.2, 0.25) is 5.89 Å². The third-order valence-electron chi connectivity index (χ3n) is 4.01. The van der Waals surface area contributed by atoms with Crippen LogP contribution in [0.3, 0.4) is 0 Å². The van der Waals surface area contributed by atoms with Crippen LogP contribution in [0.2, 0.25) is 0 Å². The van der Waals surface area contributed by atoms with Crippen LogP contribution >= 0.6 is 0 Å². The number of nitrogens with two attached hydrogens (primary N) is 1. The number of nitrogens with zero attached hydrogens (tertiary/aromatic N) is 2. The first-order valence-corrected chi connectivity index (χ1v) is 7.41. The van der Waals surface area contributed by atoms with Crippen LogP contribution in [0.5, 0.6) is 0 Å². The van der Waals surface area contributed by atoms with E-state index in [9.17, 15) is 4.39 Å². The van der Waals surface area contributed by atoms with E-state index in [1.165, 1.54) is 25.0 Å². The number of hydrogen-bond acceptors (Lipinski definition) is 4. The molecular weight excluding hydrogens is 269 g/mol. The van der Waals surface area contributed by atoms with Crippen molar-refractivity contribution in [3.8, 4) is 11.5 Å². The molecule has 2 aromatic rings. The van der Waals surface area contributed by atoms with E-state index < -0.39 is 0 Å². The lowest BCUT2D eigenvalue weighted by molar-refractivity contribution is 0.143. The summed E-state index contributed by atoms with van der Waals surface area (Å²) in [5, 5.41) is 0. The molecule has 1 atom stereocenters. The Morgan fingerprint density at radius 1 is 1.38 bits per heavy atom. The zero-order valence-corrected chi connectivity index (χ0v) is 12.0. The van der Waals surface area contributed by atoms with Gasteiger partial charge in [-0.05, 0) is 37.6 Å². The smallest absolute Gasteiger partial charge is 0.226 e. The summed E-state index contributed by atoms with van der Waals surface area (Å²) in [5.74, 6) is 0.178. The molecule has 0 aliphatic carbocycles. The molecule has 0 amide bonds. The molecule has 1 saturated heterocycles. The fourth-order valence-electron chi connectivity index (χ4n) is 2.88. The molecule has 0 bridgehead atoms. The van der Waals surface area contributed by atoms with Crippen LogP contribution in [0.25, 0.3) is 11.5 Å². The standard InChI is InChI=1S/C16H20FN3O/c17-13-5-3-4-12(8-13)16-19-14(11-21-16)10-20-7-2-1-6-15(20)9-18/h3-5,8,11,15H,1-2,6-7,9-10,18H2. The highest BCUT2D eigenvalue weighted by Gasteiger charge is 2.22. The second-order valence-corrected chi connectivity index (χ2v) is 5.51. The van der Waals surface area contributed by atoms with E-state index >= 15 is 0 Å². The van der Waals surface area contributed by atoms with Gasteiger partial charge < -0.3 is 10.2 Å². The van der Waals surface area contributed by atoms with Gasteiger partial charge in [0.25, 0.3) is 0 Å². The predicted octanol–water partition coefficient (Wildman–Crippen LogP) is 2.79. The number of hydrogen-bond donors (Lipinski definition) is 1. The number of benzene rings is 1. The van der Waals surface area contributed by atoms with E-state index in [0.717, 1.165) is 25.2 Å². The number of halogens is 1. The van der Waals surface area contributed by atoms with Gasteiger partial charge in [0, 0.05) is 24.7 Å². The van der Waals surface area contributed by atoms with Gasteiger partial charge in [-0.3, -0.25) is 4.90 Å². The van der Waals surface area contributed by atoms with E-state index in [4.69, 9.17) is 10.2 Å². The zero-order valence-electron chi connectivity index (χ0n) is 12.0. The van der Waals surface area contributed by atoms with Crippen molar-refractivity contribution in [2.24, 2.45) is 5.73 Å². The van der Waals surface area contributed by atoms with E-state index in [2.05, 4.69) is 9.88 Å². The molecule has 2 N–H and O–H groups in total. The second kappa shape index (κ2) is 6.37. The SMILES string of the molecule is NCC1CCCCN1Cc1coc(-c2cccc(F)c2)n1. The molecule has 1 aromatic heterocycles. The average molecular weight is 289 g/mol. The van der Waals surface area contributed by atoms with Gasteiger partial charge in [-0.1, -0.05) is 12.5 Å². The van der Waals surface area contributed by atoms with Crippen molar-refractivity contribution in [3.05, 3.63) is 42.0 Å². The van der Waals surface area contributed by atoms with Crippen LogP contribution in [-0.2, 0) is 6.54 Å². The van der Waals surface area contributed by atoms with Gasteiger partial charge in [-0.2, -0.15) is 0 Å². The molecule has 21 heavy (non-hydrogen) atoms. The maximum absolute atomic E-state index is 13.2. The Balaban J connectivity index is 1.73. The predicted molar refractivity (Wildman–Crippen MR) is 79.0 cm³/mol. The molecule has 0 spiro atoms. The third kappa shape index (κ3) is 3.31. The first-order valence-electron chi connectivity index (χ1n) is 7.41. The summed E-state index contributed by atoms with van der Waals surface area (Å²) in [7, 11) is 0. The summed E-state index contributed by atoms with van der Waals surface area (Å²) in [5.41, 5.74) is 7.37. The fraction of sp³-hybridized carbons (Fsp3) is 0.438. The van der Waals surface area contributed by atoms with Crippen LogP contribution < -0.4 is 5.73 Å². The topological polar surface area (TPSA) is 55.3 Å². The lowest BCUT2D eigenvalue weighted by Gasteiger charge is -2.34. The minimum absolute atomic E-state index is 0.286. The number of aromatic nitrogens is 1. The number of likely N-dealkylation sites (tertiary alicyclic amines) is 1. The molecule has 1 aliphatic rings. The van der Waals surface area contributed by atoms with E-state index in [1.54, 1.807) is 18.4 Å². The summed E-state index contributed by atoms with van der Waals surface area (Å²) in [6.45, 7) is 2.46. The van der Waals surface area contributed by atoms with Crippen LogP contribution in [0, 0.1) is 5.82 Å². The number of oxazole rings is 1. The van der Waals surface area contributed by atoms with Gasteiger partial charge in [-0.15, -0.1) is 0 Å². The average Bonchev–Trinajstić information content (AvgIpc) is 2.96. The quantitative estimate of drug-likeness (QED) is 0.940. The van der Waals surface area contributed by atoms with Crippen LogP contribution in [0.15, 0.2) is 34.9 Å². The highest BCUT2D eigenvalue weighted by atomic mass is 19.1. The molecule has 1 unspecified atom stereocenters. The molecule has 1 aliphatic heterocycles. The Bertz CT molecular complexity index is 599. The molecule has 1 aromatic carbocycles. The summed E-state index contributed by atoms with van der Waals surface area (Å²) >= 11 is 0. The molecule has 1 fully saturated rings. The Morgan fingerprint density at radius 2 is 2.29 bits per heavy atom. The van der Waals surface area contributed by atoms with E-state index in [1.807, 2.05) is 0 Å². The Morgan fingerprint density at radius 3 is 3.10 bits per heavy atom. The van der Waals surface area contributed by atoms with Gasteiger partial charge >= 0.3 is 0 Å². The maximum Gasteiger partial charge on any atom is 0.226 e. The lowest BCUT2D eigenvalue weighted by atomic mass is 10.0. The van der Waals surface area contributed by atoms with Crippen LogP contribution in [0.4, 0.5) is 4.39 Å².